The van der Waals surface area contributed by atoms with Crippen LogP contribution in [-0.4, -0.2) is 16.0 Å². The first-order valence-electron chi connectivity index (χ1n) is 7.96. The van der Waals surface area contributed by atoms with E-state index >= 15 is 0 Å². The highest BCUT2D eigenvalue weighted by atomic mass is 15.0. The summed E-state index contributed by atoms with van der Waals surface area (Å²) in [7, 11) is 0. The van der Waals surface area contributed by atoms with E-state index in [0.717, 1.165) is 12.5 Å². The van der Waals surface area contributed by atoms with Gasteiger partial charge in [0.15, 0.2) is 0 Å². The first kappa shape index (κ1) is 14.6. The molecule has 0 radical (unpaired) electrons. The molecule has 0 amide bonds. The molecule has 19 heavy (non-hydrogen) atoms. The lowest BCUT2D eigenvalue weighted by atomic mass is 9.80. The van der Waals surface area contributed by atoms with E-state index in [0.29, 0.717) is 12.0 Å². The summed E-state index contributed by atoms with van der Waals surface area (Å²) in [6, 6.07) is 0.524. The van der Waals surface area contributed by atoms with E-state index in [4.69, 9.17) is 0 Å². The maximum Gasteiger partial charge on any atom is 0.109 e. The van der Waals surface area contributed by atoms with Gasteiger partial charge in [-0.15, -0.1) is 0 Å². The Labute approximate surface area is 117 Å². The molecular formula is C16H29N3. The third-order valence-corrected chi connectivity index (χ3v) is 4.28. The average Bonchev–Trinajstić information content (AvgIpc) is 2.86. The van der Waals surface area contributed by atoms with Crippen LogP contribution in [0.3, 0.4) is 0 Å². The average molecular weight is 263 g/mol. The van der Waals surface area contributed by atoms with Crippen molar-refractivity contribution in [3.05, 3.63) is 17.7 Å². The Hall–Kier alpha value is -0.830. The van der Waals surface area contributed by atoms with Gasteiger partial charge in [-0.1, -0.05) is 33.6 Å². The van der Waals surface area contributed by atoms with Crippen LogP contribution in [0.2, 0.25) is 0 Å². The highest BCUT2D eigenvalue weighted by Crippen LogP contribution is 2.36. The monoisotopic (exact) mass is 263 g/mol. The van der Waals surface area contributed by atoms with Crippen LogP contribution in [0.15, 0.2) is 6.20 Å². The summed E-state index contributed by atoms with van der Waals surface area (Å²) in [4.78, 5) is 8.10. The van der Waals surface area contributed by atoms with Crippen molar-refractivity contribution in [3.8, 4) is 0 Å². The van der Waals surface area contributed by atoms with Gasteiger partial charge < -0.3 is 10.3 Å². The molecule has 2 N–H and O–H groups in total. The normalized spacial score (nSPS) is 24.0. The summed E-state index contributed by atoms with van der Waals surface area (Å²) >= 11 is 0. The molecule has 1 fully saturated rings. The quantitative estimate of drug-likeness (QED) is 0.815. The van der Waals surface area contributed by atoms with Gasteiger partial charge >= 0.3 is 0 Å². The number of hydrogen-bond acceptors (Lipinski definition) is 2. The van der Waals surface area contributed by atoms with E-state index in [2.05, 4.69) is 36.1 Å². The highest BCUT2D eigenvalue weighted by Gasteiger charge is 2.23. The zero-order valence-electron chi connectivity index (χ0n) is 12.7. The van der Waals surface area contributed by atoms with Gasteiger partial charge in [-0.05, 0) is 31.6 Å². The first-order valence-corrected chi connectivity index (χ1v) is 7.96. The largest absolute Gasteiger partial charge is 0.345 e. The second-order valence-corrected chi connectivity index (χ2v) is 6.34. The van der Waals surface area contributed by atoms with Crippen LogP contribution in [0.1, 0.15) is 76.7 Å². The minimum Gasteiger partial charge on any atom is -0.345 e. The van der Waals surface area contributed by atoms with Crippen LogP contribution in [0.4, 0.5) is 0 Å². The molecule has 1 aromatic rings. The van der Waals surface area contributed by atoms with E-state index in [1.807, 2.05) is 6.20 Å². The number of aromatic nitrogens is 2. The zero-order valence-corrected chi connectivity index (χ0v) is 12.7. The summed E-state index contributed by atoms with van der Waals surface area (Å²) in [6.45, 7) is 7.54. The van der Waals surface area contributed by atoms with Crippen molar-refractivity contribution in [2.75, 3.05) is 0 Å². The van der Waals surface area contributed by atoms with Gasteiger partial charge in [0.25, 0.3) is 0 Å². The van der Waals surface area contributed by atoms with Crippen molar-refractivity contribution in [3.63, 3.8) is 0 Å². The van der Waals surface area contributed by atoms with Crippen molar-refractivity contribution in [2.24, 2.45) is 5.92 Å². The molecule has 0 aromatic carbocycles. The summed E-state index contributed by atoms with van der Waals surface area (Å²) in [5.74, 6) is 2.86. The fourth-order valence-electron chi connectivity index (χ4n) is 3.12. The van der Waals surface area contributed by atoms with Gasteiger partial charge in [0.1, 0.15) is 5.82 Å². The number of nitrogens with one attached hydrogen (secondary N) is 2. The minimum atomic E-state index is 0.524. The number of imidazole rings is 1. The third kappa shape index (κ3) is 4.34. The van der Waals surface area contributed by atoms with Crippen LogP contribution >= 0.6 is 0 Å². The molecular weight excluding hydrogens is 234 g/mol. The SMILES string of the molecule is CCCC1CCC(c2ncc(CNC(C)C)[nH]2)CC1. The molecule has 1 aliphatic carbocycles. The van der Waals surface area contributed by atoms with Crippen LogP contribution in [0.5, 0.6) is 0 Å². The Morgan fingerprint density at radius 3 is 2.68 bits per heavy atom. The second kappa shape index (κ2) is 7.09. The van der Waals surface area contributed by atoms with Gasteiger partial charge in [0.05, 0.1) is 0 Å². The number of hydrogen-bond donors (Lipinski definition) is 2. The molecule has 2 rings (SSSR count). The summed E-state index contributed by atoms with van der Waals surface area (Å²) in [6.07, 6.45) is 10.2. The van der Waals surface area contributed by atoms with E-state index in [1.54, 1.807) is 0 Å². The lowest BCUT2D eigenvalue weighted by Crippen LogP contribution is -2.22. The summed E-state index contributed by atoms with van der Waals surface area (Å²) < 4.78 is 0. The molecule has 108 valence electrons. The van der Waals surface area contributed by atoms with E-state index < -0.39 is 0 Å². The zero-order chi connectivity index (χ0) is 13.7. The smallest absolute Gasteiger partial charge is 0.109 e. The van der Waals surface area contributed by atoms with Crippen LogP contribution in [-0.2, 0) is 6.54 Å². The topological polar surface area (TPSA) is 40.7 Å². The molecule has 0 aliphatic heterocycles. The van der Waals surface area contributed by atoms with Gasteiger partial charge in [-0.2, -0.15) is 0 Å². The minimum absolute atomic E-state index is 0.524. The highest BCUT2D eigenvalue weighted by molar-refractivity contribution is 5.06. The fourth-order valence-corrected chi connectivity index (χ4v) is 3.12. The second-order valence-electron chi connectivity index (χ2n) is 6.34. The summed E-state index contributed by atoms with van der Waals surface area (Å²) in [5.41, 5.74) is 1.22. The maximum atomic E-state index is 4.59. The number of H-pyrrole nitrogens is 1. The molecule has 0 unspecified atom stereocenters. The maximum absolute atomic E-state index is 4.59. The predicted molar refractivity (Wildman–Crippen MR) is 80.2 cm³/mol. The Morgan fingerprint density at radius 2 is 2.05 bits per heavy atom. The molecule has 3 heteroatoms. The Bertz CT molecular complexity index is 362. The van der Waals surface area contributed by atoms with E-state index in [9.17, 15) is 0 Å². The van der Waals surface area contributed by atoms with Gasteiger partial charge in [-0.25, -0.2) is 4.98 Å². The lowest BCUT2D eigenvalue weighted by Gasteiger charge is -2.27. The molecule has 1 heterocycles. The van der Waals surface area contributed by atoms with Crippen molar-refractivity contribution in [1.82, 2.24) is 15.3 Å². The molecule has 0 bridgehead atoms. The number of aromatic amines is 1. The third-order valence-electron chi connectivity index (χ3n) is 4.28. The van der Waals surface area contributed by atoms with E-state index in [-0.39, 0.29) is 0 Å². The standard InChI is InChI=1S/C16H29N3/c1-4-5-13-6-8-14(9-7-13)16-18-11-15(19-16)10-17-12(2)3/h11-14,17H,4-10H2,1-3H3,(H,18,19). The predicted octanol–water partition coefficient (Wildman–Crippen LogP) is 3.98. The van der Waals surface area contributed by atoms with Crippen molar-refractivity contribution in [1.29, 1.82) is 0 Å². The van der Waals surface area contributed by atoms with Crippen molar-refractivity contribution in [2.45, 2.75) is 77.8 Å². The lowest BCUT2D eigenvalue weighted by molar-refractivity contribution is 0.303. The first-order chi connectivity index (χ1) is 9.19. The fraction of sp³-hybridized carbons (Fsp3) is 0.812. The Balaban J connectivity index is 1.82. The molecule has 1 aromatic heterocycles. The van der Waals surface area contributed by atoms with Crippen LogP contribution in [0, 0.1) is 5.92 Å². The van der Waals surface area contributed by atoms with Crippen molar-refractivity contribution < 1.29 is 0 Å². The van der Waals surface area contributed by atoms with E-state index in [1.165, 1.54) is 50.0 Å². The number of nitrogens with zero attached hydrogens (tertiary/aromatic N) is 1. The number of rotatable bonds is 6. The van der Waals surface area contributed by atoms with Gasteiger partial charge in [-0.3, -0.25) is 0 Å². The molecule has 0 atom stereocenters. The van der Waals surface area contributed by atoms with Crippen molar-refractivity contribution >= 4 is 0 Å². The molecule has 1 saturated carbocycles. The van der Waals surface area contributed by atoms with Gasteiger partial charge in [0, 0.05) is 30.4 Å². The molecule has 1 aliphatic rings. The Kier molecular flexibility index (Phi) is 5.44. The Morgan fingerprint density at radius 1 is 1.32 bits per heavy atom. The summed E-state index contributed by atoms with van der Waals surface area (Å²) in [5, 5.41) is 3.43. The molecule has 3 nitrogen and oxygen atoms in total. The molecule has 0 spiro atoms. The molecule has 0 saturated heterocycles. The van der Waals surface area contributed by atoms with Crippen LogP contribution < -0.4 is 5.32 Å². The van der Waals surface area contributed by atoms with Crippen LogP contribution in [0.25, 0.3) is 0 Å². The van der Waals surface area contributed by atoms with Gasteiger partial charge in [0.2, 0.25) is 0 Å².